The second-order valence-electron chi connectivity index (χ2n) is 5.20. The zero-order valence-electron chi connectivity index (χ0n) is 11.7. The topological polar surface area (TPSA) is 93.0 Å². The van der Waals surface area contributed by atoms with Crippen LogP contribution in [0, 0.1) is 0 Å². The van der Waals surface area contributed by atoms with E-state index in [0.717, 1.165) is 0 Å². The molecule has 7 heteroatoms. The van der Waals surface area contributed by atoms with Crippen molar-refractivity contribution in [3.05, 3.63) is 29.8 Å². The minimum atomic E-state index is -2.97. The number of hydrogen-bond donors (Lipinski definition) is 1. The zero-order chi connectivity index (χ0) is 15.6. The Hall–Kier alpha value is -1.89. The average molecular weight is 299 g/mol. The van der Waals surface area contributed by atoms with Crippen LogP contribution in [0.3, 0.4) is 0 Å². The maximum atomic E-state index is 12.4. The van der Waals surface area contributed by atoms with Gasteiger partial charge in [0.15, 0.2) is 0 Å². The number of amides is 1. The van der Waals surface area contributed by atoms with Gasteiger partial charge in [-0.1, -0.05) is 0 Å². The van der Waals surface area contributed by atoms with Crippen molar-refractivity contribution < 1.29 is 23.6 Å². The van der Waals surface area contributed by atoms with Gasteiger partial charge in [0.05, 0.1) is 15.3 Å². The van der Waals surface area contributed by atoms with E-state index in [0.29, 0.717) is 0 Å². The van der Waals surface area contributed by atoms with E-state index in [1.165, 1.54) is 30.5 Å². The minimum absolute atomic E-state index is 0.0706. The predicted octanol–water partition coefficient (Wildman–Crippen LogP) is 2.78. The van der Waals surface area contributed by atoms with E-state index in [9.17, 15) is 13.8 Å². The number of carboxylic acids is 1. The van der Waals surface area contributed by atoms with E-state index >= 15 is 0 Å². The third-order valence-corrected chi connectivity index (χ3v) is 3.83. The Morgan fingerprint density at radius 1 is 1.20 bits per heavy atom. The lowest BCUT2D eigenvalue weighted by molar-refractivity contribution is 0.0606. The summed E-state index contributed by atoms with van der Waals surface area (Å²) in [5.41, 5.74) is -0.648. The molecule has 1 aromatic rings. The molecule has 1 N–H and O–H groups in total. The smallest absolute Gasteiger partial charge is 0.442 e. The first kappa shape index (κ1) is 16.2. The monoisotopic (exact) mass is 299 g/mol. The molecule has 0 radical (unpaired) electrons. The molecule has 0 spiro atoms. The molecule has 6 nitrogen and oxygen atoms in total. The number of aromatic carboxylic acids is 1. The number of rotatable bonds is 2. The van der Waals surface area contributed by atoms with Crippen molar-refractivity contribution in [3.8, 4) is 0 Å². The summed E-state index contributed by atoms with van der Waals surface area (Å²) >= 11 is 0. The lowest BCUT2D eigenvalue weighted by Gasteiger charge is -2.17. The summed E-state index contributed by atoms with van der Waals surface area (Å²) in [7, 11) is -2.97. The second kappa shape index (κ2) is 5.62. The SMILES string of the molecule is CC(C)(C)OC(=O)N=[S@](C)(=O)c1ccc(C(=O)O)cc1. The fourth-order valence-corrected chi connectivity index (χ4v) is 2.39. The molecule has 0 aromatic heterocycles. The van der Waals surface area contributed by atoms with Gasteiger partial charge in [-0.2, -0.15) is 0 Å². The van der Waals surface area contributed by atoms with Gasteiger partial charge in [-0.25, -0.2) is 13.8 Å². The van der Waals surface area contributed by atoms with Gasteiger partial charge < -0.3 is 9.84 Å². The van der Waals surface area contributed by atoms with Crippen LogP contribution in [0.1, 0.15) is 31.1 Å². The summed E-state index contributed by atoms with van der Waals surface area (Å²) in [5, 5.41) is 8.78. The number of benzene rings is 1. The third-order valence-electron chi connectivity index (χ3n) is 2.18. The van der Waals surface area contributed by atoms with Crippen LogP contribution in [-0.2, 0) is 14.5 Å². The van der Waals surface area contributed by atoms with Crippen molar-refractivity contribution in [2.24, 2.45) is 4.36 Å². The number of carbonyl (C=O) groups excluding carboxylic acids is 1. The molecular weight excluding hydrogens is 282 g/mol. The Morgan fingerprint density at radius 3 is 2.10 bits per heavy atom. The molecule has 0 aliphatic heterocycles. The molecule has 0 saturated heterocycles. The number of ether oxygens (including phenoxy) is 1. The normalized spacial score (nSPS) is 14.2. The molecule has 1 rings (SSSR count). The first-order valence-corrected chi connectivity index (χ1v) is 7.72. The van der Waals surface area contributed by atoms with Crippen LogP contribution in [0.4, 0.5) is 4.79 Å². The first-order chi connectivity index (χ1) is 9.01. The van der Waals surface area contributed by atoms with Crippen LogP contribution < -0.4 is 0 Å². The summed E-state index contributed by atoms with van der Waals surface area (Å²) in [6, 6.07) is 5.37. The largest absolute Gasteiger partial charge is 0.478 e. The fourth-order valence-electron chi connectivity index (χ4n) is 1.33. The summed E-state index contributed by atoms with van der Waals surface area (Å²) in [4.78, 5) is 22.6. The molecule has 0 heterocycles. The van der Waals surface area contributed by atoms with Gasteiger partial charge in [0.2, 0.25) is 0 Å². The molecule has 1 aromatic carbocycles. The minimum Gasteiger partial charge on any atom is -0.478 e. The Kier molecular flexibility index (Phi) is 4.54. The molecule has 0 aliphatic carbocycles. The van der Waals surface area contributed by atoms with Gasteiger partial charge in [-0.3, -0.25) is 0 Å². The van der Waals surface area contributed by atoms with Crippen LogP contribution in [0.15, 0.2) is 33.5 Å². The zero-order valence-corrected chi connectivity index (χ0v) is 12.6. The number of hydrogen-bond acceptors (Lipinski definition) is 4. The Balaban J connectivity index is 3.07. The highest BCUT2D eigenvalue weighted by molar-refractivity contribution is 7.93. The molecule has 20 heavy (non-hydrogen) atoms. The van der Waals surface area contributed by atoms with E-state index in [2.05, 4.69) is 4.36 Å². The highest BCUT2D eigenvalue weighted by Crippen LogP contribution is 2.15. The maximum absolute atomic E-state index is 12.4. The number of nitrogens with zero attached hydrogens (tertiary/aromatic N) is 1. The number of carboxylic acid groups (broad SMARTS) is 1. The highest BCUT2D eigenvalue weighted by atomic mass is 32.2. The third kappa shape index (κ3) is 4.65. The molecule has 0 unspecified atom stereocenters. The van der Waals surface area contributed by atoms with E-state index < -0.39 is 27.4 Å². The van der Waals surface area contributed by atoms with E-state index in [4.69, 9.17) is 9.84 Å². The van der Waals surface area contributed by atoms with Crippen molar-refractivity contribution >= 4 is 21.8 Å². The first-order valence-electron chi connectivity index (χ1n) is 5.80. The molecule has 0 bridgehead atoms. The summed E-state index contributed by atoms with van der Waals surface area (Å²) in [6.07, 6.45) is 0.388. The van der Waals surface area contributed by atoms with Crippen LogP contribution in [0.5, 0.6) is 0 Å². The van der Waals surface area contributed by atoms with E-state index in [1.807, 2.05) is 0 Å². The molecule has 1 amide bonds. The summed E-state index contributed by atoms with van der Waals surface area (Å²) in [6.45, 7) is 5.04. The van der Waals surface area contributed by atoms with Crippen molar-refractivity contribution in [1.82, 2.24) is 0 Å². The Bertz CT molecular complexity index is 634. The van der Waals surface area contributed by atoms with Gasteiger partial charge in [0.25, 0.3) is 0 Å². The van der Waals surface area contributed by atoms with Crippen LogP contribution in [0.25, 0.3) is 0 Å². The lowest BCUT2D eigenvalue weighted by atomic mass is 10.2. The lowest BCUT2D eigenvalue weighted by Crippen LogP contribution is -2.22. The van der Waals surface area contributed by atoms with Gasteiger partial charge in [-0.05, 0) is 45.0 Å². The summed E-state index contributed by atoms with van der Waals surface area (Å²) < 4.78 is 20.9. The van der Waals surface area contributed by atoms with Crippen molar-refractivity contribution in [2.75, 3.05) is 6.26 Å². The van der Waals surface area contributed by atoms with Crippen LogP contribution >= 0.6 is 0 Å². The predicted molar refractivity (Wildman–Crippen MR) is 74.4 cm³/mol. The maximum Gasteiger partial charge on any atom is 0.442 e. The molecule has 1 atom stereocenters. The standard InChI is InChI=1S/C13H17NO5S/c1-13(2,3)19-12(17)14-20(4,18)10-7-5-9(6-8-10)11(15)16/h5-8H,1-4H3,(H,15,16)/t20-/m1/s1. The van der Waals surface area contributed by atoms with Gasteiger partial charge in [0, 0.05) is 11.2 Å². The van der Waals surface area contributed by atoms with Crippen molar-refractivity contribution in [1.29, 1.82) is 0 Å². The van der Waals surface area contributed by atoms with E-state index in [-0.39, 0.29) is 10.5 Å². The van der Waals surface area contributed by atoms with Crippen molar-refractivity contribution in [2.45, 2.75) is 31.3 Å². The van der Waals surface area contributed by atoms with Gasteiger partial charge >= 0.3 is 12.1 Å². The second-order valence-corrected chi connectivity index (χ2v) is 7.46. The summed E-state index contributed by atoms with van der Waals surface area (Å²) in [5.74, 6) is -1.08. The Labute approximate surface area is 117 Å². The van der Waals surface area contributed by atoms with Crippen LogP contribution in [0.2, 0.25) is 0 Å². The number of carbonyl (C=O) groups is 2. The quantitative estimate of drug-likeness (QED) is 0.906. The van der Waals surface area contributed by atoms with E-state index in [1.54, 1.807) is 20.8 Å². The average Bonchev–Trinajstić information content (AvgIpc) is 2.25. The Morgan fingerprint density at radius 2 is 1.70 bits per heavy atom. The molecular formula is C13H17NO5S. The highest BCUT2D eigenvalue weighted by Gasteiger charge is 2.18. The molecule has 0 aliphatic rings. The molecule has 0 saturated carbocycles. The van der Waals surface area contributed by atoms with Crippen molar-refractivity contribution in [3.63, 3.8) is 0 Å². The molecule has 0 fully saturated rings. The fraction of sp³-hybridized carbons (Fsp3) is 0.385. The molecule has 110 valence electrons. The van der Waals surface area contributed by atoms with Gasteiger partial charge in [-0.15, -0.1) is 4.36 Å². The van der Waals surface area contributed by atoms with Crippen LogP contribution in [-0.4, -0.2) is 33.2 Å². The van der Waals surface area contributed by atoms with Gasteiger partial charge in [0.1, 0.15) is 5.60 Å².